The quantitative estimate of drug-likeness (QED) is 0.127. The first-order valence-electron chi connectivity index (χ1n) is 12.5. The molecule has 3 aromatic rings. The standard InChI is InChI=1S/C30H30O11/c1-38-24-10-6-18(14-23(24)34)2-3-19-12-21(33)15-22(13-19)39-30-29(28(37)27(36)25(16-31)40-30)41-26(35)11-7-17-4-8-20(32)9-5-17/h2-15,25,27-34,36-37H,16H2,1H3. The first-order valence-corrected chi connectivity index (χ1v) is 12.5. The van der Waals surface area contributed by atoms with Crippen molar-refractivity contribution in [1.82, 2.24) is 0 Å². The minimum Gasteiger partial charge on any atom is -0.508 e. The molecule has 0 amide bonds. The molecule has 3 aromatic carbocycles. The van der Waals surface area contributed by atoms with Crippen LogP contribution in [-0.2, 0) is 14.3 Å². The lowest BCUT2D eigenvalue weighted by Crippen LogP contribution is -2.61. The summed E-state index contributed by atoms with van der Waals surface area (Å²) >= 11 is 0. The van der Waals surface area contributed by atoms with Crippen molar-refractivity contribution in [1.29, 1.82) is 0 Å². The zero-order valence-corrected chi connectivity index (χ0v) is 21.9. The number of phenols is 3. The second kappa shape index (κ2) is 13.2. The molecule has 0 radical (unpaired) electrons. The van der Waals surface area contributed by atoms with Gasteiger partial charge in [0.25, 0.3) is 0 Å². The van der Waals surface area contributed by atoms with E-state index < -0.39 is 43.3 Å². The summed E-state index contributed by atoms with van der Waals surface area (Å²) < 4.78 is 21.8. The van der Waals surface area contributed by atoms with E-state index >= 15 is 0 Å². The fourth-order valence-corrected chi connectivity index (χ4v) is 4.11. The van der Waals surface area contributed by atoms with Gasteiger partial charge in [-0.3, -0.25) is 0 Å². The van der Waals surface area contributed by atoms with Gasteiger partial charge in [-0.15, -0.1) is 0 Å². The van der Waals surface area contributed by atoms with Crippen LogP contribution < -0.4 is 9.47 Å². The van der Waals surface area contributed by atoms with Crippen molar-refractivity contribution in [3.8, 4) is 28.7 Å². The third-order valence-electron chi connectivity index (χ3n) is 6.22. The summed E-state index contributed by atoms with van der Waals surface area (Å²) in [5.41, 5.74) is 1.74. The molecular formula is C30H30O11. The van der Waals surface area contributed by atoms with Gasteiger partial charge < -0.3 is 49.6 Å². The van der Waals surface area contributed by atoms with Gasteiger partial charge in [-0.05, 0) is 59.2 Å². The second-order valence-electron chi connectivity index (χ2n) is 9.18. The number of aromatic hydroxyl groups is 3. The molecule has 4 rings (SSSR count). The maximum absolute atomic E-state index is 12.6. The van der Waals surface area contributed by atoms with E-state index in [0.29, 0.717) is 22.4 Å². The van der Waals surface area contributed by atoms with Crippen molar-refractivity contribution in [3.63, 3.8) is 0 Å². The van der Waals surface area contributed by atoms with E-state index in [2.05, 4.69) is 0 Å². The van der Waals surface area contributed by atoms with E-state index in [1.807, 2.05) is 0 Å². The van der Waals surface area contributed by atoms with E-state index in [1.54, 1.807) is 36.4 Å². The third kappa shape index (κ3) is 7.56. The van der Waals surface area contributed by atoms with Crippen LogP contribution in [0.25, 0.3) is 18.2 Å². The highest BCUT2D eigenvalue weighted by molar-refractivity contribution is 5.87. The molecule has 11 nitrogen and oxygen atoms in total. The van der Waals surface area contributed by atoms with E-state index in [9.17, 15) is 35.4 Å². The molecule has 0 aliphatic carbocycles. The monoisotopic (exact) mass is 566 g/mol. The number of aliphatic hydroxyl groups excluding tert-OH is 3. The number of methoxy groups -OCH3 is 1. The van der Waals surface area contributed by atoms with Gasteiger partial charge in [-0.25, -0.2) is 4.79 Å². The Morgan fingerprint density at radius 3 is 2.24 bits per heavy atom. The molecule has 1 heterocycles. The lowest BCUT2D eigenvalue weighted by atomic mass is 9.99. The van der Waals surface area contributed by atoms with E-state index in [0.717, 1.165) is 6.08 Å². The first-order chi connectivity index (χ1) is 19.7. The Bertz CT molecular complexity index is 1400. The summed E-state index contributed by atoms with van der Waals surface area (Å²) in [7, 11) is 1.44. The zero-order valence-electron chi connectivity index (χ0n) is 21.9. The number of aliphatic hydroxyl groups is 3. The summed E-state index contributed by atoms with van der Waals surface area (Å²) in [6, 6.07) is 15.1. The lowest BCUT2D eigenvalue weighted by molar-refractivity contribution is -0.281. The van der Waals surface area contributed by atoms with Crippen LogP contribution in [0.1, 0.15) is 16.7 Å². The number of carbonyl (C=O) groups excluding carboxylic acids is 1. The maximum atomic E-state index is 12.6. The van der Waals surface area contributed by atoms with Crippen LogP contribution >= 0.6 is 0 Å². The molecule has 6 N–H and O–H groups in total. The summed E-state index contributed by atoms with van der Waals surface area (Å²) in [5, 5.41) is 60.3. The van der Waals surface area contributed by atoms with Crippen molar-refractivity contribution < 1.29 is 54.4 Å². The predicted molar refractivity (Wildman–Crippen MR) is 147 cm³/mol. The molecule has 1 aliphatic heterocycles. The van der Waals surface area contributed by atoms with Crippen LogP contribution in [-0.4, -0.2) is 81.0 Å². The van der Waals surface area contributed by atoms with Gasteiger partial charge in [0.05, 0.1) is 13.7 Å². The van der Waals surface area contributed by atoms with Gasteiger partial charge >= 0.3 is 5.97 Å². The SMILES string of the molecule is COc1ccc(C=Cc2cc(O)cc(OC3OC(CO)C(O)C(O)C3OC(=O)C=Cc3ccc(O)cc3)c2)cc1O. The van der Waals surface area contributed by atoms with Crippen LogP contribution in [0.4, 0.5) is 0 Å². The van der Waals surface area contributed by atoms with Crippen molar-refractivity contribution in [2.75, 3.05) is 13.7 Å². The molecule has 0 spiro atoms. The Morgan fingerprint density at radius 2 is 1.56 bits per heavy atom. The van der Waals surface area contributed by atoms with Crippen molar-refractivity contribution >= 4 is 24.2 Å². The predicted octanol–water partition coefficient (Wildman–Crippen LogP) is 2.43. The molecule has 5 unspecified atom stereocenters. The van der Waals surface area contributed by atoms with E-state index in [-0.39, 0.29) is 23.0 Å². The molecule has 1 fully saturated rings. The lowest BCUT2D eigenvalue weighted by Gasteiger charge is -2.41. The smallest absolute Gasteiger partial charge is 0.331 e. The van der Waals surface area contributed by atoms with Gasteiger partial charge in [0.15, 0.2) is 17.6 Å². The summed E-state index contributed by atoms with van der Waals surface area (Å²) in [5.74, 6) is -0.626. The largest absolute Gasteiger partial charge is 0.508 e. The first kappa shape index (κ1) is 29.4. The van der Waals surface area contributed by atoms with E-state index in [4.69, 9.17) is 18.9 Å². The molecule has 5 atom stereocenters. The number of hydrogen-bond donors (Lipinski definition) is 6. The Kier molecular flexibility index (Phi) is 9.48. The minimum atomic E-state index is -1.67. The molecule has 41 heavy (non-hydrogen) atoms. The van der Waals surface area contributed by atoms with Crippen molar-refractivity contribution in [2.24, 2.45) is 0 Å². The van der Waals surface area contributed by atoms with Gasteiger partial charge in [-0.1, -0.05) is 30.4 Å². The number of carbonyl (C=O) groups is 1. The Balaban J connectivity index is 1.53. The Morgan fingerprint density at radius 1 is 0.854 bits per heavy atom. The van der Waals surface area contributed by atoms with Gasteiger partial charge in [0, 0.05) is 12.1 Å². The molecular weight excluding hydrogens is 536 g/mol. The average molecular weight is 567 g/mol. The Labute approximate surface area is 235 Å². The number of hydrogen-bond acceptors (Lipinski definition) is 11. The molecule has 216 valence electrons. The Hall–Kier alpha value is -4.55. The fourth-order valence-electron chi connectivity index (χ4n) is 4.11. The number of phenolic OH excluding ortho intramolecular Hbond substituents is 3. The van der Waals surface area contributed by atoms with Crippen LogP contribution in [0.5, 0.6) is 28.7 Å². The van der Waals surface area contributed by atoms with Crippen LogP contribution in [0.15, 0.2) is 66.7 Å². The van der Waals surface area contributed by atoms with E-state index in [1.165, 1.54) is 49.6 Å². The van der Waals surface area contributed by atoms with Crippen LogP contribution in [0, 0.1) is 0 Å². The van der Waals surface area contributed by atoms with Crippen molar-refractivity contribution in [2.45, 2.75) is 30.7 Å². The van der Waals surface area contributed by atoms with Gasteiger partial charge in [-0.2, -0.15) is 0 Å². The number of benzene rings is 3. The molecule has 0 saturated carbocycles. The van der Waals surface area contributed by atoms with Gasteiger partial charge in [0.1, 0.15) is 35.6 Å². The number of esters is 1. The molecule has 1 saturated heterocycles. The number of ether oxygens (including phenoxy) is 4. The summed E-state index contributed by atoms with van der Waals surface area (Å²) in [6.07, 6.45) is -1.61. The van der Waals surface area contributed by atoms with Crippen LogP contribution in [0.3, 0.4) is 0 Å². The average Bonchev–Trinajstić information content (AvgIpc) is 2.95. The fraction of sp³-hybridized carbons (Fsp3) is 0.233. The third-order valence-corrected chi connectivity index (χ3v) is 6.22. The topological polar surface area (TPSA) is 175 Å². The number of rotatable bonds is 9. The summed E-state index contributed by atoms with van der Waals surface area (Å²) in [6.45, 7) is -0.651. The van der Waals surface area contributed by atoms with Gasteiger partial charge in [0.2, 0.25) is 6.29 Å². The molecule has 0 aromatic heterocycles. The highest BCUT2D eigenvalue weighted by atomic mass is 16.7. The summed E-state index contributed by atoms with van der Waals surface area (Å²) in [4.78, 5) is 12.6. The molecule has 1 aliphatic rings. The van der Waals surface area contributed by atoms with Crippen LogP contribution in [0.2, 0.25) is 0 Å². The highest BCUT2D eigenvalue weighted by Crippen LogP contribution is 2.31. The zero-order chi connectivity index (χ0) is 29.5. The molecule has 0 bridgehead atoms. The minimum absolute atomic E-state index is 0.0401. The maximum Gasteiger partial charge on any atom is 0.331 e. The molecule has 11 heteroatoms. The second-order valence-corrected chi connectivity index (χ2v) is 9.18. The van der Waals surface area contributed by atoms with Crippen molar-refractivity contribution in [3.05, 3.63) is 83.4 Å². The highest BCUT2D eigenvalue weighted by Gasteiger charge is 2.47. The normalized spacial score (nSPS) is 22.6.